The third-order valence-corrected chi connectivity index (χ3v) is 3.63. The quantitative estimate of drug-likeness (QED) is 0.349. The van der Waals surface area contributed by atoms with Crippen LogP contribution in [-0.2, 0) is 19.2 Å². The maximum atomic E-state index is 11.8. The highest BCUT2D eigenvalue weighted by Crippen LogP contribution is 2.31. The van der Waals surface area contributed by atoms with Crippen molar-refractivity contribution in [3.63, 3.8) is 0 Å². The van der Waals surface area contributed by atoms with Crippen molar-refractivity contribution < 1.29 is 29.5 Å². The van der Waals surface area contributed by atoms with E-state index >= 15 is 0 Å². The van der Waals surface area contributed by atoms with Crippen LogP contribution in [0.15, 0.2) is 11.1 Å². The van der Waals surface area contributed by atoms with E-state index in [0.717, 1.165) is 0 Å². The number of fused-ring (bicyclic) bond motifs is 1. The van der Waals surface area contributed by atoms with Crippen LogP contribution in [0.5, 0.6) is 0 Å². The molecule has 23 heavy (non-hydrogen) atoms. The number of hydrogen-bond acceptors (Lipinski definition) is 10. The van der Waals surface area contributed by atoms with Gasteiger partial charge in [-0.1, -0.05) is 0 Å². The van der Waals surface area contributed by atoms with Crippen LogP contribution in [0.3, 0.4) is 0 Å². The Kier molecular flexibility index (Phi) is 3.29. The molecule has 2 fully saturated rings. The fraction of sp³-hybridized carbons (Fsp3) is 0.545. The standard InChI is InChI=1S/C11H13N5O7/c12-10-14-7-4(8(19)15-10)13-2-16(7)9-6(18)5(17)3(21-9)1-20-11-22-23-11/h2-3,5-6,9,11,17-18H,1H2,(H3,12,14,15,19)/t3-,5-,6-,9-/m1/s1. The van der Waals surface area contributed by atoms with Crippen molar-refractivity contribution >= 4 is 17.1 Å². The number of nitrogen functional groups attached to an aromatic ring is 1. The van der Waals surface area contributed by atoms with E-state index in [-0.39, 0.29) is 23.7 Å². The highest BCUT2D eigenvalue weighted by Gasteiger charge is 2.45. The lowest BCUT2D eigenvalue weighted by Gasteiger charge is -2.16. The molecule has 2 saturated heterocycles. The smallest absolute Gasteiger partial charge is 0.329 e. The maximum absolute atomic E-state index is 11.8. The zero-order valence-corrected chi connectivity index (χ0v) is 11.5. The van der Waals surface area contributed by atoms with Gasteiger partial charge in [0.15, 0.2) is 17.4 Å². The second-order valence-corrected chi connectivity index (χ2v) is 5.14. The highest BCUT2D eigenvalue weighted by atomic mass is 17.4. The second kappa shape index (κ2) is 5.23. The van der Waals surface area contributed by atoms with Crippen molar-refractivity contribution in [2.24, 2.45) is 0 Å². The number of aliphatic hydroxyl groups is 2. The van der Waals surface area contributed by atoms with E-state index in [2.05, 4.69) is 24.7 Å². The molecule has 0 aromatic carbocycles. The van der Waals surface area contributed by atoms with Gasteiger partial charge in [-0.05, 0) is 0 Å². The first-order chi connectivity index (χ1) is 11.0. The Balaban J connectivity index is 1.63. The minimum absolute atomic E-state index is 0.0453. The first-order valence-electron chi connectivity index (χ1n) is 6.72. The van der Waals surface area contributed by atoms with Gasteiger partial charge in [0.2, 0.25) is 5.95 Å². The van der Waals surface area contributed by atoms with Gasteiger partial charge in [0, 0.05) is 0 Å². The third kappa shape index (κ3) is 2.46. The van der Waals surface area contributed by atoms with Gasteiger partial charge >= 0.3 is 6.48 Å². The number of nitrogens with two attached hydrogens (primary N) is 1. The molecular formula is C11H13N5O7. The van der Waals surface area contributed by atoms with E-state index in [9.17, 15) is 15.0 Å². The summed E-state index contributed by atoms with van der Waals surface area (Å²) >= 11 is 0. The van der Waals surface area contributed by atoms with Crippen LogP contribution < -0.4 is 11.3 Å². The lowest BCUT2D eigenvalue weighted by Crippen LogP contribution is -2.34. The van der Waals surface area contributed by atoms with Crippen molar-refractivity contribution in [2.75, 3.05) is 12.3 Å². The summed E-state index contributed by atoms with van der Waals surface area (Å²) in [5, 5.41) is 20.2. The van der Waals surface area contributed by atoms with E-state index in [1.54, 1.807) is 0 Å². The molecule has 4 heterocycles. The van der Waals surface area contributed by atoms with Crippen LogP contribution in [0.2, 0.25) is 0 Å². The predicted molar refractivity (Wildman–Crippen MR) is 70.4 cm³/mol. The van der Waals surface area contributed by atoms with E-state index < -0.39 is 36.6 Å². The lowest BCUT2D eigenvalue weighted by molar-refractivity contribution is -0.0825. The molecule has 12 nitrogen and oxygen atoms in total. The monoisotopic (exact) mass is 327 g/mol. The molecule has 0 bridgehead atoms. The topological polar surface area (TPSA) is 174 Å². The summed E-state index contributed by atoms with van der Waals surface area (Å²) in [6, 6.07) is 0. The van der Waals surface area contributed by atoms with Gasteiger partial charge in [0.25, 0.3) is 5.56 Å². The van der Waals surface area contributed by atoms with Crippen LogP contribution in [0.4, 0.5) is 5.95 Å². The minimum Gasteiger partial charge on any atom is -0.387 e. The molecule has 12 heteroatoms. The molecule has 0 amide bonds. The maximum Gasteiger partial charge on any atom is 0.329 e. The van der Waals surface area contributed by atoms with Gasteiger partial charge in [0.05, 0.1) is 12.9 Å². The molecule has 5 N–H and O–H groups in total. The lowest BCUT2D eigenvalue weighted by atomic mass is 10.1. The Labute approximate surface area is 127 Å². The van der Waals surface area contributed by atoms with Crippen LogP contribution in [0.1, 0.15) is 6.23 Å². The van der Waals surface area contributed by atoms with Crippen LogP contribution in [0, 0.1) is 0 Å². The van der Waals surface area contributed by atoms with Gasteiger partial charge < -0.3 is 25.4 Å². The average Bonchev–Trinajstić information content (AvgIpc) is 3.18. The van der Waals surface area contributed by atoms with E-state index in [4.69, 9.17) is 15.2 Å². The Bertz CT molecular complexity index is 787. The summed E-state index contributed by atoms with van der Waals surface area (Å²) in [5.41, 5.74) is 5.19. The number of ether oxygens (including phenoxy) is 2. The SMILES string of the molecule is Nc1nc2c(ncn2[C@@H]2O[C@H](COC3OO3)[C@@H](O)[C@H]2O)c(=O)[nH]1. The number of hydrogen-bond donors (Lipinski definition) is 4. The number of aliphatic hydroxyl groups excluding tert-OH is 2. The zero-order valence-electron chi connectivity index (χ0n) is 11.5. The van der Waals surface area contributed by atoms with Crippen LogP contribution in [0.25, 0.3) is 11.2 Å². The first-order valence-corrected chi connectivity index (χ1v) is 6.72. The van der Waals surface area contributed by atoms with E-state index in [0.29, 0.717) is 0 Å². The summed E-state index contributed by atoms with van der Waals surface area (Å²) < 4.78 is 12.0. The van der Waals surface area contributed by atoms with E-state index in [1.807, 2.05) is 0 Å². The summed E-state index contributed by atoms with van der Waals surface area (Å²) in [6.45, 7) is -0.835. The number of nitrogens with one attached hydrogen (secondary N) is 1. The van der Waals surface area contributed by atoms with Gasteiger partial charge in [-0.3, -0.25) is 14.3 Å². The number of aromatic nitrogens is 4. The number of imidazole rings is 1. The zero-order chi connectivity index (χ0) is 16.1. The molecule has 0 spiro atoms. The van der Waals surface area contributed by atoms with Gasteiger partial charge in [-0.2, -0.15) is 14.8 Å². The molecule has 0 aliphatic carbocycles. The van der Waals surface area contributed by atoms with E-state index in [1.165, 1.54) is 10.9 Å². The first kappa shape index (κ1) is 14.5. The number of H-pyrrole nitrogens is 1. The molecule has 2 aromatic heterocycles. The summed E-state index contributed by atoms with van der Waals surface area (Å²) in [7, 11) is 0. The highest BCUT2D eigenvalue weighted by molar-refractivity contribution is 5.70. The second-order valence-electron chi connectivity index (χ2n) is 5.14. The summed E-state index contributed by atoms with van der Waals surface area (Å²) in [4.78, 5) is 30.8. The van der Waals surface area contributed by atoms with Crippen molar-refractivity contribution in [3.05, 3.63) is 16.7 Å². The number of anilines is 1. The predicted octanol–water partition coefficient (Wildman–Crippen LogP) is -2.42. The third-order valence-electron chi connectivity index (χ3n) is 3.63. The fourth-order valence-electron chi connectivity index (χ4n) is 2.48. The Morgan fingerprint density at radius 3 is 2.91 bits per heavy atom. The molecular weight excluding hydrogens is 314 g/mol. The molecule has 2 aromatic rings. The van der Waals surface area contributed by atoms with Crippen molar-refractivity contribution in [1.82, 2.24) is 19.5 Å². The summed E-state index contributed by atoms with van der Waals surface area (Å²) in [6.07, 6.45) is -3.03. The van der Waals surface area contributed by atoms with Gasteiger partial charge in [-0.25, -0.2) is 4.98 Å². The largest absolute Gasteiger partial charge is 0.387 e. The fourth-order valence-corrected chi connectivity index (χ4v) is 2.48. The van der Waals surface area contributed by atoms with Crippen LogP contribution >= 0.6 is 0 Å². The molecule has 0 saturated carbocycles. The average molecular weight is 327 g/mol. The molecule has 2 aliphatic rings. The molecule has 0 unspecified atom stereocenters. The number of nitrogens with zero attached hydrogens (tertiary/aromatic N) is 3. The van der Waals surface area contributed by atoms with Crippen molar-refractivity contribution in [2.45, 2.75) is 31.0 Å². The molecule has 2 aliphatic heterocycles. The molecule has 4 atom stereocenters. The molecule has 4 rings (SSSR count). The van der Waals surface area contributed by atoms with Gasteiger partial charge in [-0.15, -0.1) is 0 Å². The molecule has 0 radical (unpaired) electrons. The van der Waals surface area contributed by atoms with Crippen LogP contribution in [-0.4, -0.2) is 61.1 Å². The summed E-state index contributed by atoms with van der Waals surface area (Å²) in [5.74, 6) is -0.0970. The van der Waals surface area contributed by atoms with Crippen molar-refractivity contribution in [3.8, 4) is 0 Å². The Morgan fingerprint density at radius 2 is 2.17 bits per heavy atom. The molecule has 124 valence electrons. The van der Waals surface area contributed by atoms with Gasteiger partial charge in [0.1, 0.15) is 18.3 Å². The number of rotatable bonds is 4. The Morgan fingerprint density at radius 1 is 1.39 bits per heavy atom. The normalized spacial score (nSPS) is 31.0. The Hall–Kier alpha value is -2.09. The minimum atomic E-state index is -1.27. The van der Waals surface area contributed by atoms with Crippen molar-refractivity contribution in [1.29, 1.82) is 0 Å². The number of aromatic amines is 1.